The van der Waals surface area contributed by atoms with Crippen molar-refractivity contribution < 1.29 is 8.42 Å². The summed E-state index contributed by atoms with van der Waals surface area (Å²) in [6, 6.07) is 2.98. The van der Waals surface area contributed by atoms with Gasteiger partial charge < -0.3 is 0 Å². The third-order valence-corrected chi connectivity index (χ3v) is 3.67. The molecule has 80 valence electrons. The van der Waals surface area contributed by atoms with Crippen molar-refractivity contribution in [3.8, 4) is 6.07 Å². The molecule has 0 bridgehead atoms. The van der Waals surface area contributed by atoms with Gasteiger partial charge in [-0.1, -0.05) is 11.6 Å². The lowest BCUT2D eigenvalue weighted by molar-refractivity contribution is 0.585. The molecule has 1 rings (SSSR count). The molecule has 1 heterocycles. The fraction of sp³-hybridized carbons (Fsp3) is 0.143. The van der Waals surface area contributed by atoms with Crippen LogP contribution in [0.15, 0.2) is 21.6 Å². The molecule has 0 amide bonds. The van der Waals surface area contributed by atoms with Crippen LogP contribution in [0.2, 0.25) is 5.15 Å². The molecule has 1 N–H and O–H groups in total. The van der Waals surface area contributed by atoms with Crippen molar-refractivity contribution in [2.75, 3.05) is 6.54 Å². The minimum absolute atomic E-state index is 0.136. The molecule has 0 unspecified atom stereocenters. The molecule has 0 atom stereocenters. The van der Waals surface area contributed by atoms with Gasteiger partial charge in [0.1, 0.15) is 10.0 Å². The number of rotatable bonds is 3. The van der Waals surface area contributed by atoms with E-state index >= 15 is 0 Å². The first-order valence-corrected chi connectivity index (χ1v) is 6.30. The van der Waals surface area contributed by atoms with E-state index in [4.69, 9.17) is 16.9 Å². The van der Waals surface area contributed by atoms with Gasteiger partial charge in [0.2, 0.25) is 10.0 Å². The number of aromatic nitrogens is 1. The normalized spacial score (nSPS) is 11.0. The van der Waals surface area contributed by atoms with Gasteiger partial charge in [-0.2, -0.15) is 9.98 Å². The lowest BCUT2D eigenvalue weighted by atomic mass is 10.5. The van der Waals surface area contributed by atoms with E-state index in [-0.39, 0.29) is 16.6 Å². The molecule has 0 saturated carbocycles. The van der Waals surface area contributed by atoms with Crippen LogP contribution in [0, 0.1) is 11.3 Å². The topological polar surface area (TPSA) is 82.9 Å². The first kappa shape index (κ1) is 12.4. The van der Waals surface area contributed by atoms with Crippen LogP contribution < -0.4 is 4.72 Å². The number of nitrogens with one attached hydrogen (secondary N) is 1. The molecule has 0 aliphatic rings. The first-order valence-electron chi connectivity index (χ1n) is 3.65. The van der Waals surface area contributed by atoms with E-state index in [0.717, 1.165) is 0 Å². The maximum Gasteiger partial charge on any atom is 0.244 e. The highest BCUT2D eigenvalue weighted by Crippen LogP contribution is 2.22. The van der Waals surface area contributed by atoms with Gasteiger partial charge >= 0.3 is 0 Å². The maximum absolute atomic E-state index is 11.6. The Balaban J connectivity index is 3.16. The number of hydrogen-bond donors (Lipinski definition) is 1. The van der Waals surface area contributed by atoms with Crippen LogP contribution in [0.3, 0.4) is 0 Å². The van der Waals surface area contributed by atoms with Crippen molar-refractivity contribution in [3.05, 3.63) is 21.9 Å². The summed E-state index contributed by atoms with van der Waals surface area (Å²) in [6.45, 7) is -0.314. The Hall–Kier alpha value is -0.680. The van der Waals surface area contributed by atoms with Crippen LogP contribution in [-0.2, 0) is 10.0 Å². The van der Waals surface area contributed by atoms with Crippen LogP contribution in [0.1, 0.15) is 0 Å². The fourth-order valence-electron chi connectivity index (χ4n) is 0.797. The number of hydrogen-bond acceptors (Lipinski definition) is 4. The van der Waals surface area contributed by atoms with Crippen molar-refractivity contribution in [3.63, 3.8) is 0 Å². The maximum atomic E-state index is 11.6. The number of halogens is 2. The van der Waals surface area contributed by atoms with Gasteiger partial charge in [-0.3, -0.25) is 0 Å². The summed E-state index contributed by atoms with van der Waals surface area (Å²) in [5, 5.41) is 8.13. The second-order valence-corrected chi connectivity index (χ2v) is 5.43. The number of sulfonamides is 1. The molecular weight excluding hydrogens is 306 g/mol. The highest BCUT2D eigenvalue weighted by Gasteiger charge is 2.18. The van der Waals surface area contributed by atoms with Crippen LogP contribution in [0.5, 0.6) is 0 Å². The molecule has 0 fully saturated rings. The smallest absolute Gasteiger partial charge is 0.242 e. The zero-order valence-corrected chi connectivity index (χ0v) is 10.4. The minimum atomic E-state index is -3.77. The second kappa shape index (κ2) is 4.90. The van der Waals surface area contributed by atoms with Crippen molar-refractivity contribution in [1.29, 1.82) is 5.26 Å². The molecule has 0 radical (unpaired) electrons. The van der Waals surface area contributed by atoms with E-state index in [2.05, 4.69) is 25.6 Å². The Bertz CT molecular complexity index is 511. The zero-order chi connectivity index (χ0) is 11.5. The molecular formula is C7H5BrClN3O2S. The standard InChI is InChI=1S/C7H5BrClN3O2S/c8-5-3-6(7(9)11-4-5)15(13,14)12-2-1-10/h3-4,12H,2H2. The van der Waals surface area contributed by atoms with Crippen molar-refractivity contribution in [1.82, 2.24) is 9.71 Å². The third-order valence-electron chi connectivity index (χ3n) is 1.40. The summed E-state index contributed by atoms with van der Waals surface area (Å²) in [7, 11) is -3.77. The Labute approximate surface area is 100 Å². The molecule has 0 aromatic carbocycles. The van der Waals surface area contributed by atoms with Gasteiger partial charge in [0, 0.05) is 10.7 Å². The van der Waals surface area contributed by atoms with E-state index in [1.807, 2.05) is 0 Å². The van der Waals surface area contributed by atoms with E-state index < -0.39 is 10.0 Å². The van der Waals surface area contributed by atoms with Gasteiger partial charge in [0.15, 0.2) is 0 Å². The number of nitrogens with zero attached hydrogens (tertiary/aromatic N) is 2. The van der Waals surface area contributed by atoms with Gasteiger partial charge in [0.05, 0.1) is 12.6 Å². The van der Waals surface area contributed by atoms with Crippen LogP contribution >= 0.6 is 27.5 Å². The molecule has 0 saturated heterocycles. The molecule has 1 aromatic heterocycles. The van der Waals surface area contributed by atoms with E-state index in [0.29, 0.717) is 4.47 Å². The van der Waals surface area contributed by atoms with Crippen LogP contribution in [0.4, 0.5) is 0 Å². The van der Waals surface area contributed by atoms with Gasteiger partial charge in [0.25, 0.3) is 0 Å². The molecule has 0 aliphatic heterocycles. The molecule has 8 heteroatoms. The zero-order valence-electron chi connectivity index (χ0n) is 7.24. The van der Waals surface area contributed by atoms with Crippen molar-refractivity contribution in [2.45, 2.75) is 4.90 Å². The lowest BCUT2D eigenvalue weighted by Crippen LogP contribution is -2.24. The monoisotopic (exact) mass is 309 g/mol. The van der Waals surface area contributed by atoms with Crippen molar-refractivity contribution >= 4 is 37.6 Å². The summed E-state index contributed by atoms with van der Waals surface area (Å²) in [4.78, 5) is 3.51. The van der Waals surface area contributed by atoms with E-state index in [9.17, 15) is 8.42 Å². The van der Waals surface area contributed by atoms with Gasteiger partial charge in [-0.15, -0.1) is 0 Å². The fourth-order valence-corrected chi connectivity index (χ4v) is 2.66. The molecule has 1 aromatic rings. The third kappa shape index (κ3) is 3.14. The van der Waals surface area contributed by atoms with Gasteiger partial charge in [-0.25, -0.2) is 13.4 Å². The predicted octanol–water partition coefficient (Wildman–Crippen LogP) is 1.30. The van der Waals surface area contributed by atoms with Crippen LogP contribution in [0.25, 0.3) is 0 Å². The number of pyridine rings is 1. The number of nitriles is 1. The van der Waals surface area contributed by atoms with E-state index in [1.54, 1.807) is 6.07 Å². The Kier molecular flexibility index (Phi) is 4.04. The molecule has 15 heavy (non-hydrogen) atoms. The Morgan fingerprint density at radius 2 is 2.33 bits per heavy atom. The second-order valence-electron chi connectivity index (χ2n) is 2.43. The lowest BCUT2D eigenvalue weighted by Gasteiger charge is -2.05. The molecule has 5 nitrogen and oxygen atoms in total. The highest BCUT2D eigenvalue weighted by molar-refractivity contribution is 9.10. The van der Waals surface area contributed by atoms with Gasteiger partial charge in [-0.05, 0) is 22.0 Å². The highest BCUT2D eigenvalue weighted by atomic mass is 79.9. The Morgan fingerprint density at radius 3 is 2.93 bits per heavy atom. The largest absolute Gasteiger partial charge is 0.244 e. The summed E-state index contributed by atoms with van der Waals surface area (Å²) in [6.07, 6.45) is 1.38. The average molecular weight is 311 g/mol. The molecule has 0 aliphatic carbocycles. The predicted molar refractivity (Wildman–Crippen MR) is 57.7 cm³/mol. The summed E-state index contributed by atoms with van der Waals surface area (Å²) in [5.74, 6) is 0. The minimum Gasteiger partial charge on any atom is -0.242 e. The summed E-state index contributed by atoms with van der Waals surface area (Å²) < 4.78 is 25.7. The first-order chi connectivity index (χ1) is 6.97. The summed E-state index contributed by atoms with van der Waals surface area (Å²) in [5.41, 5.74) is 0. The van der Waals surface area contributed by atoms with E-state index in [1.165, 1.54) is 12.3 Å². The average Bonchev–Trinajstić information content (AvgIpc) is 2.18. The quantitative estimate of drug-likeness (QED) is 0.674. The summed E-state index contributed by atoms with van der Waals surface area (Å²) >= 11 is 8.70. The Morgan fingerprint density at radius 1 is 1.67 bits per heavy atom. The SMILES string of the molecule is N#CCNS(=O)(=O)c1cc(Br)cnc1Cl. The molecule has 0 spiro atoms. The van der Waals surface area contributed by atoms with Crippen LogP contribution in [-0.4, -0.2) is 19.9 Å². The van der Waals surface area contributed by atoms with Crippen molar-refractivity contribution in [2.24, 2.45) is 0 Å².